The Labute approximate surface area is 131 Å². The molecule has 0 spiro atoms. The molecule has 1 aromatic rings. The monoisotopic (exact) mass is 304 g/mol. The Kier molecular flexibility index (Phi) is 6.25. The molecule has 2 amide bonds. The van der Waals surface area contributed by atoms with E-state index in [0.717, 1.165) is 25.7 Å². The number of amides is 2. The van der Waals surface area contributed by atoms with E-state index < -0.39 is 0 Å². The number of rotatable bonds is 6. The molecule has 0 radical (unpaired) electrons. The van der Waals surface area contributed by atoms with Crippen LogP contribution in [0.1, 0.15) is 32.6 Å². The van der Waals surface area contributed by atoms with Crippen LogP contribution in [0.15, 0.2) is 30.3 Å². The Morgan fingerprint density at radius 1 is 1.14 bits per heavy atom. The van der Waals surface area contributed by atoms with Gasteiger partial charge in [-0.3, -0.25) is 9.59 Å². The number of benzene rings is 1. The van der Waals surface area contributed by atoms with Gasteiger partial charge >= 0.3 is 0 Å². The molecule has 2 N–H and O–H groups in total. The average molecular weight is 304 g/mol. The van der Waals surface area contributed by atoms with Gasteiger partial charge in [-0.05, 0) is 44.7 Å². The molecule has 2 rings (SSSR count). The molecule has 0 saturated heterocycles. The van der Waals surface area contributed by atoms with Crippen LogP contribution < -0.4 is 15.4 Å². The van der Waals surface area contributed by atoms with E-state index in [4.69, 9.17) is 4.74 Å². The molecule has 1 saturated carbocycles. The van der Waals surface area contributed by atoms with Crippen LogP contribution >= 0.6 is 0 Å². The molecule has 5 nitrogen and oxygen atoms in total. The van der Waals surface area contributed by atoms with E-state index in [0.29, 0.717) is 12.3 Å². The van der Waals surface area contributed by atoms with Gasteiger partial charge in [-0.1, -0.05) is 18.2 Å². The van der Waals surface area contributed by atoms with Crippen molar-refractivity contribution in [3.63, 3.8) is 0 Å². The minimum absolute atomic E-state index is 0.0280. The summed E-state index contributed by atoms with van der Waals surface area (Å²) in [6.07, 6.45) is 3.35. The number of hydrogen-bond acceptors (Lipinski definition) is 3. The molecule has 0 bridgehead atoms. The highest BCUT2D eigenvalue weighted by Gasteiger charge is 2.26. The summed E-state index contributed by atoms with van der Waals surface area (Å²) in [5, 5.41) is 5.85. The lowest BCUT2D eigenvalue weighted by molar-refractivity contribution is -0.126. The molecule has 22 heavy (non-hydrogen) atoms. The Morgan fingerprint density at radius 2 is 1.82 bits per heavy atom. The normalized spacial score (nSPS) is 21.0. The Hall–Kier alpha value is -2.04. The lowest BCUT2D eigenvalue weighted by Crippen LogP contribution is -2.42. The molecule has 1 aliphatic carbocycles. The van der Waals surface area contributed by atoms with Crippen LogP contribution in [0, 0.1) is 5.92 Å². The van der Waals surface area contributed by atoms with Gasteiger partial charge in [0.15, 0.2) is 6.61 Å². The maximum atomic E-state index is 11.9. The molecule has 0 heterocycles. The predicted molar refractivity (Wildman–Crippen MR) is 84.5 cm³/mol. The molecular formula is C17H24N2O3. The lowest BCUT2D eigenvalue weighted by Gasteiger charge is -2.28. The Morgan fingerprint density at radius 3 is 2.45 bits per heavy atom. The van der Waals surface area contributed by atoms with Crippen molar-refractivity contribution in [3.8, 4) is 5.75 Å². The SMILES string of the molecule is CCNC(=O)C1CCC(NC(=O)COc2ccccc2)CC1. The van der Waals surface area contributed by atoms with Crippen LogP contribution in [0.25, 0.3) is 0 Å². The Balaban J connectivity index is 1.67. The molecule has 120 valence electrons. The quantitative estimate of drug-likeness (QED) is 0.843. The second kappa shape index (κ2) is 8.41. The van der Waals surface area contributed by atoms with Crippen LogP contribution in [0.2, 0.25) is 0 Å². The number of para-hydroxylation sites is 1. The molecule has 0 aromatic heterocycles. The van der Waals surface area contributed by atoms with Gasteiger partial charge in [-0.25, -0.2) is 0 Å². The van der Waals surface area contributed by atoms with Crippen LogP contribution in [-0.4, -0.2) is 31.0 Å². The van der Waals surface area contributed by atoms with E-state index >= 15 is 0 Å². The van der Waals surface area contributed by atoms with Gasteiger partial charge in [-0.2, -0.15) is 0 Å². The number of hydrogen-bond donors (Lipinski definition) is 2. The largest absolute Gasteiger partial charge is 0.484 e. The zero-order valence-corrected chi connectivity index (χ0v) is 13.0. The van der Waals surface area contributed by atoms with E-state index in [-0.39, 0.29) is 30.4 Å². The fraction of sp³-hybridized carbons (Fsp3) is 0.529. The van der Waals surface area contributed by atoms with Gasteiger partial charge in [0.2, 0.25) is 5.91 Å². The maximum absolute atomic E-state index is 11.9. The summed E-state index contributed by atoms with van der Waals surface area (Å²) >= 11 is 0. The number of carbonyl (C=O) groups excluding carboxylic acids is 2. The van der Waals surface area contributed by atoms with E-state index in [1.165, 1.54) is 0 Å². The third-order valence-electron chi connectivity index (χ3n) is 3.93. The predicted octanol–water partition coefficient (Wildman–Crippen LogP) is 1.88. The summed E-state index contributed by atoms with van der Waals surface area (Å²) in [7, 11) is 0. The first kappa shape index (κ1) is 16.3. The second-order valence-corrected chi connectivity index (χ2v) is 5.61. The zero-order chi connectivity index (χ0) is 15.8. The van der Waals surface area contributed by atoms with Gasteiger partial charge in [-0.15, -0.1) is 0 Å². The van der Waals surface area contributed by atoms with Crippen LogP contribution in [-0.2, 0) is 9.59 Å². The molecule has 0 unspecified atom stereocenters. The molecule has 1 fully saturated rings. The van der Waals surface area contributed by atoms with Crippen LogP contribution in [0.3, 0.4) is 0 Å². The summed E-state index contributed by atoms with van der Waals surface area (Å²) < 4.78 is 5.42. The smallest absolute Gasteiger partial charge is 0.258 e. The Bertz CT molecular complexity index is 482. The first-order valence-electron chi connectivity index (χ1n) is 7.94. The number of nitrogens with one attached hydrogen (secondary N) is 2. The van der Waals surface area contributed by atoms with Crippen molar-refractivity contribution in [2.45, 2.75) is 38.6 Å². The highest BCUT2D eigenvalue weighted by Crippen LogP contribution is 2.24. The molecular weight excluding hydrogens is 280 g/mol. The topological polar surface area (TPSA) is 67.4 Å². The van der Waals surface area contributed by atoms with Gasteiger partial charge in [0.05, 0.1) is 0 Å². The van der Waals surface area contributed by atoms with E-state index in [9.17, 15) is 9.59 Å². The summed E-state index contributed by atoms with van der Waals surface area (Å²) in [6.45, 7) is 2.63. The molecule has 1 aliphatic rings. The number of ether oxygens (including phenoxy) is 1. The average Bonchev–Trinajstić information content (AvgIpc) is 2.55. The van der Waals surface area contributed by atoms with Crippen molar-refractivity contribution in [1.82, 2.24) is 10.6 Å². The van der Waals surface area contributed by atoms with Crippen molar-refractivity contribution >= 4 is 11.8 Å². The fourth-order valence-electron chi connectivity index (χ4n) is 2.75. The third kappa shape index (κ3) is 5.06. The zero-order valence-electron chi connectivity index (χ0n) is 13.0. The molecule has 1 aromatic carbocycles. The first-order chi connectivity index (χ1) is 10.7. The van der Waals surface area contributed by atoms with Gasteiger partial charge < -0.3 is 15.4 Å². The maximum Gasteiger partial charge on any atom is 0.258 e. The first-order valence-corrected chi connectivity index (χ1v) is 7.94. The number of carbonyl (C=O) groups is 2. The fourth-order valence-corrected chi connectivity index (χ4v) is 2.75. The van der Waals surface area contributed by atoms with Crippen LogP contribution in [0.4, 0.5) is 0 Å². The van der Waals surface area contributed by atoms with E-state index in [2.05, 4.69) is 10.6 Å². The van der Waals surface area contributed by atoms with Gasteiger partial charge in [0, 0.05) is 18.5 Å². The van der Waals surface area contributed by atoms with Crippen LogP contribution in [0.5, 0.6) is 5.75 Å². The summed E-state index contributed by atoms with van der Waals surface area (Å²) in [6, 6.07) is 9.44. The highest BCUT2D eigenvalue weighted by atomic mass is 16.5. The third-order valence-corrected chi connectivity index (χ3v) is 3.93. The van der Waals surface area contributed by atoms with Gasteiger partial charge in [0.25, 0.3) is 5.91 Å². The standard InChI is InChI=1S/C17H24N2O3/c1-2-18-17(21)13-8-10-14(11-9-13)19-16(20)12-22-15-6-4-3-5-7-15/h3-7,13-14H,2,8-12H2,1H3,(H,18,21)(H,19,20). The van der Waals surface area contributed by atoms with Gasteiger partial charge in [0.1, 0.15) is 5.75 Å². The van der Waals surface area contributed by atoms with Crippen molar-refractivity contribution in [3.05, 3.63) is 30.3 Å². The van der Waals surface area contributed by atoms with Crippen molar-refractivity contribution in [2.75, 3.05) is 13.2 Å². The van der Waals surface area contributed by atoms with Crippen molar-refractivity contribution < 1.29 is 14.3 Å². The summed E-state index contributed by atoms with van der Waals surface area (Å²) in [5.41, 5.74) is 0. The molecule has 5 heteroatoms. The summed E-state index contributed by atoms with van der Waals surface area (Å²) in [4.78, 5) is 23.7. The lowest BCUT2D eigenvalue weighted by atomic mass is 9.85. The second-order valence-electron chi connectivity index (χ2n) is 5.61. The molecule has 0 atom stereocenters. The molecule has 0 aliphatic heterocycles. The minimum Gasteiger partial charge on any atom is -0.484 e. The minimum atomic E-state index is -0.106. The van der Waals surface area contributed by atoms with Crippen molar-refractivity contribution in [1.29, 1.82) is 0 Å². The van der Waals surface area contributed by atoms with E-state index in [1.807, 2.05) is 37.3 Å². The summed E-state index contributed by atoms with van der Waals surface area (Å²) in [5.74, 6) is 0.816. The highest BCUT2D eigenvalue weighted by molar-refractivity contribution is 5.79. The van der Waals surface area contributed by atoms with Crippen molar-refractivity contribution in [2.24, 2.45) is 5.92 Å². The van der Waals surface area contributed by atoms with E-state index in [1.54, 1.807) is 0 Å².